The molecule has 0 aromatic rings. The van der Waals surface area contributed by atoms with Crippen molar-refractivity contribution >= 4 is 0 Å². The fourth-order valence-corrected chi connectivity index (χ4v) is 3.80. The molecule has 21 heavy (non-hydrogen) atoms. The monoisotopic (exact) mass is 299 g/mol. The molecule has 5 unspecified atom stereocenters. The van der Waals surface area contributed by atoms with E-state index in [9.17, 15) is 5.11 Å². The van der Waals surface area contributed by atoms with Gasteiger partial charge < -0.3 is 19.9 Å². The zero-order valence-corrected chi connectivity index (χ0v) is 13.7. The first kappa shape index (κ1) is 17.2. The lowest BCUT2D eigenvalue weighted by Gasteiger charge is -2.31. The SMILES string of the molecule is CCC1CCCCC1OCC(O)CNC1CCC(OC)C1. The highest BCUT2D eigenvalue weighted by molar-refractivity contribution is 4.82. The Labute approximate surface area is 129 Å². The Morgan fingerprint density at radius 3 is 2.71 bits per heavy atom. The highest BCUT2D eigenvalue weighted by atomic mass is 16.5. The topological polar surface area (TPSA) is 50.7 Å². The number of aliphatic hydroxyl groups is 1. The van der Waals surface area contributed by atoms with Crippen molar-refractivity contribution in [3.63, 3.8) is 0 Å². The van der Waals surface area contributed by atoms with Gasteiger partial charge in [0.25, 0.3) is 0 Å². The van der Waals surface area contributed by atoms with Gasteiger partial charge in [-0.25, -0.2) is 0 Å². The van der Waals surface area contributed by atoms with Crippen LogP contribution in [0.3, 0.4) is 0 Å². The molecule has 2 fully saturated rings. The molecule has 2 N–H and O–H groups in total. The van der Waals surface area contributed by atoms with E-state index < -0.39 is 6.10 Å². The molecule has 0 radical (unpaired) electrons. The van der Waals surface area contributed by atoms with E-state index in [-0.39, 0.29) is 0 Å². The molecule has 0 aromatic carbocycles. The second-order valence-corrected chi connectivity index (χ2v) is 6.75. The molecule has 0 spiro atoms. The zero-order valence-electron chi connectivity index (χ0n) is 13.7. The van der Waals surface area contributed by atoms with E-state index in [0.717, 1.165) is 25.7 Å². The number of ether oxygens (including phenoxy) is 2. The summed E-state index contributed by atoms with van der Waals surface area (Å²) in [6.45, 7) is 3.34. The maximum absolute atomic E-state index is 10.1. The van der Waals surface area contributed by atoms with Crippen molar-refractivity contribution in [2.75, 3.05) is 20.3 Å². The Morgan fingerprint density at radius 2 is 2.00 bits per heavy atom. The van der Waals surface area contributed by atoms with Gasteiger partial charge in [0.05, 0.1) is 24.9 Å². The van der Waals surface area contributed by atoms with Gasteiger partial charge in [0.15, 0.2) is 0 Å². The van der Waals surface area contributed by atoms with Gasteiger partial charge in [-0.05, 0) is 38.0 Å². The fourth-order valence-electron chi connectivity index (χ4n) is 3.80. The first-order valence-corrected chi connectivity index (χ1v) is 8.78. The smallest absolute Gasteiger partial charge is 0.0897 e. The van der Waals surface area contributed by atoms with Crippen LogP contribution in [0.4, 0.5) is 0 Å². The molecule has 4 nitrogen and oxygen atoms in total. The number of hydrogen-bond acceptors (Lipinski definition) is 4. The Morgan fingerprint density at radius 1 is 1.19 bits per heavy atom. The first-order chi connectivity index (χ1) is 10.2. The van der Waals surface area contributed by atoms with Crippen LogP contribution < -0.4 is 5.32 Å². The van der Waals surface area contributed by atoms with E-state index >= 15 is 0 Å². The minimum Gasteiger partial charge on any atom is -0.389 e. The molecule has 2 rings (SSSR count). The lowest BCUT2D eigenvalue weighted by atomic mass is 9.85. The van der Waals surface area contributed by atoms with Crippen LogP contribution in [-0.2, 0) is 9.47 Å². The van der Waals surface area contributed by atoms with Crippen LogP contribution in [0.5, 0.6) is 0 Å². The molecule has 0 bridgehead atoms. The van der Waals surface area contributed by atoms with Crippen molar-refractivity contribution in [3.05, 3.63) is 0 Å². The molecule has 0 amide bonds. The molecule has 4 heteroatoms. The van der Waals surface area contributed by atoms with Crippen molar-refractivity contribution in [3.8, 4) is 0 Å². The summed E-state index contributed by atoms with van der Waals surface area (Å²) in [5.41, 5.74) is 0. The number of methoxy groups -OCH3 is 1. The molecule has 0 aliphatic heterocycles. The summed E-state index contributed by atoms with van der Waals surface area (Å²) in [5.74, 6) is 0.691. The molecule has 2 aliphatic carbocycles. The normalized spacial score (nSPS) is 35.0. The predicted octanol–water partition coefficient (Wildman–Crippen LogP) is 2.49. The number of nitrogens with one attached hydrogen (secondary N) is 1. The van der Waals surface area contributed by atoms with Crippen molar-refractivity contribution in [2.24, 2.45) is 5.92 Å². The second-order valence-electron chi connectivity index (χ2n) is 6.75. The third kappa shape index (κ3) is 5.51. The third-order valence-corrected chi connectivity index (χ3v) is 5.23. The van der Waals surface area contributed by atoms with Gasteiger partial charge in [0.1, 0.15) is 0 Å². The number of hydrogen-bond donors (Lipinski definition) is 2. The van der Waals surface area contributed by atoms with E-state index in [0.29, 0.717) is 37.3 Å². The molecule has 124 valence electrons. The number of rotatable bonds is 8. The van der Waals surface area contributed by atoms with Gasteiger partial charge in [0.2, 0.25) is 0 Å². The van der Waals surface area contributed by atoms with Crippen LogP contribution in [0.2, 0.25) is 0 Å². The highest BCUT2D eigenvalue weighted by Gasteiger charge is 2.26. The molecule has 0 heterocycles. The van der Waals surface area contributed by atoms with Crippen LogP contribution in [0.15, 0.2) is 0 Å². The second kappa shape index (κ2) is 9.09. The molecule has 2 saturated carbocycles. The summed E-state index contributed by atoms with van der Waals surface area (Å²) in [5, 5.41) is 13.6. The van der Waals surface area contributed by atoms with Crippen LogP contribution >= 0.6 is 0 Å². The Balaban J connectivity index is 1.60. The highest BCUT2D eigenvalue weighted by Crippen LogP contribution is 2.29. The van der Waals surface area contributed by atoms with Crippen molar-refractivity contribution < 1.29 is 14.6 Å². The minimum atomic E-state index is -0.397. The van der Waals surface area contributed by atoms with E-state index in [1.165, 1.54) is 25.7 Å². The van der Waals surface area contributed by atoms with Gasteiger partial charge in [-0.2, -0.15) is 0 Å². The largest absolute Gasteiger partial charge is 0.389 e. The minimum absolute atomic E-state index is 0.364. The summed E-state index contributed by atoms with van der Waals surface area (Å²) in [7, 11) is 1.78. The molecular weight excluding hydrogens is 266 g/mol. The summed E-state index contributed by atoms with van der Waals surface area (Å²) in [6, 6.07) is 0.489. The van der Waals surface area contributed by atoms with Crippen molar-refractivity contribution in [1.29, 1.82) is 0 Å². The summed E-state index contributed by atoms with van der Waals surface area (Å²) in [6.07, 6.45) is 9.95. The summed E-state index contributed by atoms with van der Waals surface area (Å²) in [4.78, 5) is 0. The van der Waals surface area contributed by atoms with Gasteiger partial charge in [0, 0.05) is 19.7 Å². The number of aliphatic hydroxyl groups excluding tert-OH is 1. The maximum Gasteiger partial charge on any atom is 0.0897 e. The van der Waals surface area contributed by atoms with Crippen LogP contribution in [-0.4, -0.2) is 49.7 Å². The lowest BCUT2D eigenvalue weighted by molar-refractivity contribution is -0.0503. The van der Waals surface area contributed by atoms with E-state index in [1.807, 2.05) is 0 Å². The van der Waals surface area contributed by atoms with E-state index in [2.05, 4.69) is 12.2 Å². The molecule has 0 saturated heterocycles. The predicted molar refractivity (Wildman–Crippen MR) is 84.4 cm³/mol. The third-order valence-electron chi connectivity index (χ3n) is 5.23. The van der Waals surface area contributed by atoms with Crippen LogP contribution in [0.25, 0.3) is 0 Å². The zero-order chi connectivity index (χ0) is 15.1. The van der Waals surface area contributed by atoms with Gasteiger partial charge in [-0.3, -0.25) is 0 Å². The lowest BCUT2D eigenvalue weighted by Crippen LogP contribution is -2.38. The van der Waals surface area contributed by atoms with Crippen LogP contribution in [0, 0.1) is 5.92 Å². The molecule has 0 aromatic heterocycles. The van der Waals surface area contributed by atoms with Crippen molar-refractivity contribution in [2.45, 2.75) is 82.6 Å². The fraction of sp³-hybridized carbons (Fsp3) is 1.00. The van der Waals surface area contributed by atoms with Crippen molar-refractivity contribution in [1.82, 2.24) is 5.32 Å². The standard InChI is InChI=1S/C17H33NO3/c1-3-13-6-4-5-7-17(13)21-12-15(19)11-18-14-8-9-16(10-14)20-2/h13-19H,3-12H2,1-2H3. The summed E-state index contributed by atoms with van der Waals surface area (Å²) >= 11 is 0. The molecular formula is C17H33NO3. The van der Waals surface area contributed by atoms with Gasteiger partial charge in [-0.15, -0.1) is 0 Å². The first-order valence-electron chi connectivity index (χ1n) is 8.78. The summed E-state index contributed by atoms with van der Waals surface area (Å²) < 4.78 is 11.4. The Kier molecular flexibility index (Phi) is 7.44. The Hall–Kier alpha value is -0.160. The average Bonchev–Trinajstić information content (AvgIpc) is 2.99. The van der Waals surface area contributed by atoms with Crippen LogP contribution in [0.1, 0.15) is 58.3 Å². The maximum atomic E-state index is 10.1. The van der Waals surface area contributed by atoms with E-state index in [1.54, 1.807) is 7.11 Å². The van der Waals surface area contributed by atoms with Gasteiger partial charge in [-0.1, -0.05) is 26.2 Å². The van der Waals surface area contributed by atoms with Gasteiger partial charge >= 0.3 is 0 Å². The van der Waals surface area contributed by atoms with E-state index in [4.69, 9.17) is 9.47 Å². The average molecular weight is 299 g/mol. The molecule has 5 atom stereocenters. The quantitative estimate of drug-likeness (QED) is 0.723. The molecule has 2 aliphatic rings. The Bertz CT molecular complexity index is 287.